The molecule has 2 rings (SSSR count). The number of halogens is 2. The highest BCUT2D eigenvalue weighted by molar-refractivity contribution is 6.37. The number of ether oxygens (including phenoxy) is 2. The topological polar surface area (TPSA) is 105 Å². The van der Waals surface area contributed by atoms with Crippen LogP contribution in [0.3, 0.4) is 0 Å². The Balaban J connectivity index is 1.89. The van der Waals surface area contributed by atoms with Gasteiger partial charge in [0.1, 0.15) is 0 Å². The number of methoxy groups -OCH3 is 1. The van der Waals surface area contributed by atoms with Crippen molar-refractivity contribution in [1.82, 2.24) is 9.80 Å². The van der Waals surface area contributed by atoms with Gasteiger partial charge in [-0.15, -0.1) is 0 Å². The molecule has 1 saturated heterocycles. The van der Waals surface area contributed by atoms with E-state index in [1.165, 1.54) is 19.2 Å². The number of carbonyl (C=O) groups excluding carboxylic acids is 4. The van der Waals surface area contributed by atoms with Crippen LogP contribution in [0, 0.1) is 5.92 Å². The Morgan fingerprint density at radius 3 is 2.31 bits per heavy atom. The van der Waals surface area contributed by atoms with Crippen LogP contribution >= 0.6 is 23.2 Å². The van der Waals surface area contributed by atoms with E-state index >= 15 is 0 Å². The number of nitrogens with zero attached hydrogens (tertiary/aromatic N) is 2. The van der Waals surface area contributed by atoms with Gasteiger partial charge in [-0.3, -0.25) is 9.59 Å². The lowest BCUT2D eigenvalue weighted by Gasteiger charge is -2.34. The fourth-order valence-corrected chi connectivity index (χ4v) is 3.94. The van der Waals surface area contributed by atoms with Crippen molar-refractivity contribution in [3.05, 3.63) is 27.7 Å². The average molecular weight is 488 g/mol. The Kier molecular flexibility index (Phi) is 9.59. The second-order valence-electron chi connectivity index (χ2n) is 7.17. The highest BCUT2D eigenvalue weighted by atomic mass is 35.5. The lowest BCUT2D eigenvalue weighted by molar-refractivity contribution is -0.152. The molecule has 11 heteroatoms. The van der Waals surface area contributed by atoms with Crippen LogP contribution in [0.5, 0.6) is 0 Å². The number of amides is 3. The number of piperidine rings is 1. The SMILES string of the molecule is CCN(CC)C(=O)N1CCC(C(=O)OCC(=O)Nc2c(Cl)cc(Cl)cc2C(=O)OC)CC1. The number of carbonyl (C=O) groups is 4. The smallest absolute Gasteiger partial charge is 0.340 e. The van der Waals surface area contributed by atoms with Gasteiger partial charge in [0.2, 0.25) is 0 Å². The summed E-state index contributed by atoms with van der Waals surface area (Å²) in [6.07, 6.45) is 0.923. The number of urea groups is 1. The molecule has 0 spiro atoms. The van der Waals surface area contributed by atoms with E-state index in [-0.39, 0.29) is 27.3 Å². The summed E-state index contributed by atoms with van der Waals surface area (Å²) >= 11 is 12.0. The molecule has 0 atom stereocenters. The van der Waals surface area contributed by atoms with E-state index < -0.39 is 30.4 Å². The van der Waals surface area contributed by atoms with E-state index in [0.717, 1.165) is 0 Å². The number of anilines is 1. The Morgan fingerprint density at radius 1 is 1.12 bits per heavy atom. The van der Waals surface area contributed by atoms with Crippen molar-refractivity contribution in [3.8, 4) is 0 Å². The molecular formula is C21H27Cl2N3O6. The maximum Gasteiger partial charge on any atom is 0.340 e. The maximum atomic E-state index is 12.4. The van der Waals surface area contributed by atoms with Crippen molar-refractivity contribution < 1.29 is 28.7 Å². The van der Waals surface area contributed by atoms with Crippen LogP contribution in [0.15, 0.2) is 12.1 Å². The average Bonchev–Trinajstić information content (AvgIpc) is 2.79. The molecule has 1 aromatic carbocycles. The lowest BCUT2D eigenvalue weighted by atomic mass is 9.97. The predicted molar refractivity (Wildman–Crippen MR) is 120 cm³/mol. The summed E-state index contributed by atoms with van der Waals surface area (Å²) in [5, 5.41) is 2.70. The van der Waals surface area contributed by atoms with Gasteiger partial charge in [0, 0.05) is 31.2 Å². The highest BCUT2D eigenvalue weighted by Crippen LogP contribution is 2.31. The number of nitrogens with one attached hydrogen (secondary N) is 1. The summed E-state index contributed by atoms with van der Waals surface area (Å²) in [5.74, 6) is -2.30. The zero-order valence-corrected chi connectivity index (χ0v) is 19.8. The number of esters is 2. The molecular weight excluding hydrogens is 461 g/mol. The molecule has 176 valence electrons. The zero-order valence-electron chi connectivity index (χ0n) is 18.3. The van der Waals surface area contributed by atoms with Crippen molar-refractivity contribution in [3.63, 3.8) is 0 Å². The first-order chi connectivity index (χ1) is 15.2. The number of likely N-dealkylation sites (tertiary alicyclic amines) is 1. The molecule has 0 saturated carbocycles. The minimum atomic E-state index is -0.729. The maximum absolute atomic E-state index is 12.4. The van der Waals surface area contributed by atoms with Gasteiger partial charge in [-0.1, -0.05) is 23.2 Å². The van der Waals surface area contributed by atoms with Gasteiger partial charge in [-0.2, -0.15) is 0 Å². The van der Waals surface area contributed by atoms with Gasteiger partial charge in [0.05, 0.1) is 29.3 Å². The Hall–Kier alpha value is -2.52. The summed E-state index contributed by atoms with van der Waals surface area (Å²) in [7, 11) is 1.19. The Bertz CT molecular complexity index is 867. The fourth-order valence-electron chi connectivity index (χ4n) is 3.40. The molecule has 1 aliphatic rings. The molecule has 1 aromatic rings. The number of hydrogen-bond acceptors (Lipinski definition) is 6. The second-order valence-corrected chi connectivity index (χ2v) is 8.02. The van der Waals surface area contributed by atoms with Gasteiger partial charge in [0.25, 0.3) is 5.91 Å². The third-order valence-corrected chi connectivity index (χ3v) is 5.72. The highest BCUT2D eigenvalue weighted by Gasteiger charge is 2.30. The molecule has 3 amide bonds. The first-order valence-electron chi connectivity index (χ1n) is 10.3. The largest absolute Gasteiger partial charge is 0.465 e. The third-order valence-electron chi connectivity index (χ3n) is 5.20. The van der Waals surface area contributed by atoms with E-state index in [2.05, 4.69) is 10.1 Å². The summed E-state index contributed by atoms with van der Waals surface area (Å²) in [4.78, 5) is 52.5. The van der Waals surface area contributed by atoms with E-state index in [1.54, 1.807) is 9.80 Å². The number of benzene rings is 1. The van der Waals surface area contributed by atoms with Crippen molar-refractivity contribution >= 4 is 52.8 Å². The van der Waals surface area contributed by atoms with E-state index in [0.29, 0.717) is 39.0 Å². The van der Waals surface area contributed by atoms with Gasteiger partial charge >= 0.3 is 18.0 Å². The molecule has 0 bridgehead atoms. The predicted octanol–water partition coefficient (Wildman–Crippen LogP) is 3.44. The summed E-state index contributed by atoms with van der Waals surface area (Å²) in [6, 6.07) is 2.64. The Morgan fingerprint density at radius 2 is 1.75 bits per heavy atom. The molecule has 0 unspecified atom stereocenters. The Labute approximate surface area is 196 Å². The van der Waals surface area contributed by atoms with Crippen LogP contribution in [-0.4, -0.2) is 73.6 Å². The first kappa shape index (κ1) is 25.7. The van der Waals surface area contributed by atoms with Crippen LogP contribution in [0.25, 0.3) is 0 Å². The second kappa shape index (κ2) is 11.9. The molecule has 1 fully saturated rings. The summed E-state index contributed by atoms with van der Waals surface area (Å²) < 4.78 is 9.82. The van der Waals surface area contributed by atoms with Crippen LogP contribution in [0.2, 0.25) is 10.0 Å². The molecule has 0 aliphatic carbocycles. The van der Waals surface area contributed by atoms with Crippen molar-refractivity contribution in [2.45, 2.75) is 26.7 Å². The fraction of sp³-hybridized carbons (Fsp3) is 0.524. The first-order valence-corrected chi connectivity index (χ1v) is 11.0. The molecule has 0 aromatic heterocycles. The zero-order chi connectivity index (χ0) is 23.8. The van der Waals surface area contributed by atoms with Gasteiger partial charge in [-0.05, 0) is 38.8 Å². The van der Waals surface area contributed by atoms with E-state index in [1.807, 2.05) is 13.8 Å². The third kappa shape index (κ3) is 6.49. The number of rotatable bonds is 7. The number of hydrogen-bond donors (Lipinski definition) is 1. The van der Waals surface area contributed by atoms with Gasteiger partial charge in [-0.25, -0.2) is 9.59 Å². The molecule has 1 N–H and O–H groups in total. The summed E-state index contributed by atoms with van der Waals surface area (Å²) in [6.45, 7) is 5.44. The minimum Gasteiger partial charge on any atom is -0.465 e. The molecule has 32 heavy (non-hydrogen) atoms. The van der Waals surface area contributed by atoms with Gasteiger partial charge < -0.3 is 24.6 Å². The quantitative estimate of drug-likeness (QED) is 0.590. The monoisotopic (exact) mass is 487 g/mol. The standard InChI is InChI=1S/C21H27Cl2N3O6/c1-4-25(5-2)21(30)26-8-6-13(7-9-26)19(28)32-12-17(27)24-18-15(20(29)31-3)10-14(22)11-16(18)23/h10-11,13H,4-9,12H2,1-3H3,(H,24,27). The van der Waals surface area contributed by atoms with Crippen molar-refractivity contribution in [1.29, 1.82) is 0 Å². The van der Waals surface area contributed by atoms with Crippen LogP contribution in [0.4, 0.5) is 10.5 Å². The van der Waals surface area contributed by atoms with E-state index in [4.69, 9.17) is 27.9 Å². The van der Waals surface area contributed by atoms with E-state index in [9.17, 15) is 19.2 Å². The molecule has 9 nitrogen and oxygen atoms in total. The van der Waals surface area contributed by atoms with Crippen molar-refractivity contribution in [2.75, 3.05) is 45.2 Å². The van der Waals surface area contributed by atoms with Gasteiger partial charge in [0.15, 0.2) is 6.61 Å². The minimum absolute atomic E-state index is 0.0186. The lowest BCUT2D eigenvalue weighted by Crippen LogP contribution is -2.47. The summed E-state index contributed by atoms with van der Waals surface area (Å²) in [5.41, 5.74) is 0.00195. The van der Waals surface area contributed by atoms with Crippen LogP contribution in [-0.2, 0) is 19.1 Å². The molecule has 1 aliphatic heterocycles. The normalized spacial score (nSPS) is 14.0. The van der Waals surface area contributed by atoms with Crippen molar-refractivity contribution in [2.24, 2.45) is 5.92 Å². The molecule has 1 heterocycles. The van der Waals surface area contributed by atoms with Crippen LogP contribution in [0.1, 0.15) is 37.0 Å². The molecule has 0 radical (unpaired) electrons. The van der Waals surface area contributed by atoms with Crippen LogP contribution < -0.4 is 5.32 Å².